The van der Waals surface area contributed by atoms with Gasteiger partial charge in [0.1, 0.15) is 73.0 Å². The number of aliphatic hydroxyl groups is 6. The minimum atomic E-state index is -2.27. The maximum atomic E-state index is 15.2. The molecule has 0 radical (unpaired) electrons. The van der Waals surface area contributed by atoms with Crippen LogP contribution < -0.4 is 32.3 Å². The van der Waals surface area contributed by atoms with Crippen LogP contribution in [0.2, 0.25) is 0 Å². The Morgan fingerprint density at radius 1 is 0.728 bits per heavy atom. The summed E-state index contributed by atoms with van der Waals surface area (Å²) in [5, 5.41) is 93.2. The monoisotopic (exact) mass is 1150 g/mol. The summed E-state index contributed by atoms with van der Waals surface area (Å²) in [6.07, 6.45) is -7.31. The van der Waals surface area contributed by atoms with Gasteiger partial charge in [-0.2, -0.15) is 0 Å². The molecule has 456 valence electrons. The van der Waals surface area contributed by atoms with E-state index in [-0.39, 0.29) is 62.4 Å². The smallest absolute Gasteiger partial charge is 0.248 e. The van der Waals surface area contributed by atoms with Gasteiger partial charge in [0, 0.05) is 44.9 Å². The number of hydrogen-bond acceptors (Lipinski definition) is 17. The lowest BCUT2D eigenvalue weighted by molar-refractivity contribution is -0.955. The number of nitrogens with one attached hydrogen (secondary N) is 5. The van der Waals surface area contributed by atoms with Gasteiger partial charge in [0.25, 0.3) is 0 Å². The zero-order valence-corrected chi connectivity index (χ0v) is 47.9. The Bertz CT molecular complexity index is 2300. The fourth-order valence-corrected chi connectivity index (χ4v) is 11.8. The van der Waals surface area contributed by atoms with Gasteiger partial charge < -0.3 is 91.8 Å². The number of nitrogens with two attached hydrogens (primary N) is 1. The van der Waals surface area contributed by atoms with Crippen molar-refractivity contribution >= 4 is 41.4 Å². The minimum Gasteiger partial charge on any atom is -0.508 e. The molecule has 25 heteroatoms. The number of likely N-dealkylation sites (N-methyl/N-ethyl adjacent to an activating group) is 1. The van der Waals surface area contributed by atoms with Crippen molar-refractivity contribution in [1.29, 1.82) is 0 Å². The number of phenols is 1. The van der Waals surface area contributed by atoms with Gasteiger partial charge in [-0.05, 0) is 62.3 Å². The molecule has 0 aliphatic carbocycles. The molecule has 5 heterocycles. The van der Waals surface area contributed by atoms with E-state index in [1.54, 1.807) is 6.92 Å². The number of likely N-dealkylation sites (tertiary alicyclic amines) is 1. The molecule has 5 aliphatic heterocycles. The summed E-state index contributed by atoms with van der Waals surface area (Å²) in [5.41, 5.74) is 5.81. The van der Waals surface area contributed by atoms with Crippen LogP contribution in [0.3, 0.4) is 0 Å². The molecule has 1 aromatic carbocycles. The van der Waals surface area contributed by atoms with Crippen molar-refractivity contribution in [3.63, 3.8) is 0 Å². The van der Waals surface area contributed by atoms with Gasteiger partial charge in [0.15, 0.2) is 6.23 Å². The van der Waals surface area contributed by atoms with E-state index >= 15 is 4.79 Å². The Morgan fingerprint density at radius 2 is 1.40 bits per heavy atom. The standard InChI is InChI=1S/C56H91N9O16/c1-30-13-11-9-7-8-10-12-14-42(70)58-38-25-41(69)54(81-29-35-20-22-65(35,5)6)62-53(77)46-47(71)32(3)26-64(46)56(79)44(40(68)19-21-57)60-52(76)45(49(73)48(72)34-15-17-36(66)18-16-34)61-51(75)39-24-37(67)27-63(39)55(78)43(59-50(38)74)33(4)80-28-31(2)23-30/h15-18,30-33,35,37-41,43-49,54,67-69,71-73H,7-14,19-29,57H2,1-6H3,(H5-,58,59,60,61,62,66,70,74,75,76,77)/p+1/t30-,31-,32+,33-,35-,37-,38+,39+,40-,41-,43+,44+,45+,46+,47+,48+,49+,54-/m1/s1. The molecule has 5 fully saturated rings. The Hall–Kier alpha value is -5.09. The van der Waals surface area contributed by atoms with Gasteiger partial charge in [-0.25, -0.2) is 0 Å². The summed E-state index contributed by atoms with van der Waals surface area (Å²) < 4.78 is 13.2. The highest BCUT2D eigenvalue weighted by Gasteiger charge is 2.51. The number of nitrogens with zero attached hydrogens (tertiary/aromatic N) is 3. The molecule has 5 saturated heterocycles. The second kappa shape index (κ2) is 29.4. The van der Waals surface area contributed by atoms with E-state index < -0.39 is 152 Å². The second-order valence-electron chi connectivity index (χ2n) is 24.2. The highest BCUT2D eigenvalue weighted by molar-refractivity contribution is 5.98. The van der Waals surface area contributed by atoms with Gasteiger partial charge >= 0.3 is 0 Å². The molecule has 6 rings (SSSR count). The first-order valence-corrected chi connectivity index (χ1v) is 29.1. The molecule has 0 aromatic heterocycles. The predicted molar refractivity (Wildman–Crippen MR) is 292 cm³/mol. The number of carbonyl (C=O) groups is 7. The molecule has 0 unspecified atom stereocenters. The number of carbonyl (C=O) groups excluding carboxylic acids is 7. The van der Waals surface area contributed by atoms with Crippen LogP contribution in [-0.2, 0) is 43.0 Å². The summed E-state index contributed by atoms with van der Waals surface area (Å²) in [6.45, 7) is 7.16. The number of fused-ring (bicyclic) bond motifs is 5. The molecule has 0 spiro atoms. The number of quaternary nitrogens is 1. The molecule has 2 bridgehead atoms. The van der Waals surface area contributed by atoms with Crippen LogP contribution in [0.1, 0.15) is 123 Å². The fraction of sp³-hybridized carbons (Fsp3) is 0.768. The third-order valence-corrected chi connectivity index (χ3v) is 17.1. The van der Waals surface area contributed by atoms with Crippen molar-refractivity contribution in [2.75, 3.05) is 53.5 Å². The summed E-state index contributed by atoms with van der Waals surface area (Å²) in [7, 11) is 3.95. The predicted octanol–water partition coefficient (Wildman–Crippen LogP) is -2.12. The number of rotatable bonds is 9. The highest BCUT2D eigenvalue weighted by atomic mass is 16.5. The topological polar surface area (TPSA) is 372 Å². The maximum absolute atomic E-state index is 15.2. The number of aliphatic hydroxyl groups excluding tert-OH is 6. The molecule has 5 aliphatic rings. The Balaban J connectivity index is 1.48. The van der Waals surface area contributed by atoms with E-state index in [2.05, 4.69) is 33.5 Å². The van der Waals surface area contributed by atoms with E-state index in [0.29, 0.717) is 16.8 Å². The highest BCUT2D eigenvalue weighted by Crippen LogP contribution is 2.30. The molecule has 25 nitrogen and oxygen atoms in total. The molecule has 7 amide bonds. The van der Waals surface area contributed by atoms with Crippen molar-refractivity contribution in [1.82, 2.24) is 36.4 Å². The average Bonchev–Trinajstić information content (AvgIpc) is 4.15. The van der Waals surface area contributed by atoms with Crippen molar-refractivity contribution in [3.8, 4) is 5.75 Å². The zero-order chi connectivity index (χ0) is 59.5. The van der Waals surface area contributed by atoms with Crippen LogP contribution in [-0.4, -0.2) is 230 Å². The fourth-order valence-electron chi connectivity index (χ4n) is 11.8. The van der Waals surface area contributed by atoms with Crippen molar-refractivity contribution in [2.45, 2.75) is 202 Å². The Morgan fingerprint density at radius 3 is 2.05 bits per heavy atom. The second-order valence-corrected chi connectivity index (χ2v) is 24.2. The van der Waals surface area contributed by atoms with Gasteiger partial charge in [-0.3, -0.25) is 33.6 Å². The number of benzene rings is 1. The van der Waals surface area contributed by atoms with Crippen molar-refractivity contribution in [2.24, 2.45) is 23.5 Å². The number of phenolic OH excluding ortho intramolecular Hbond substituents is 1. The third-order valence-electron chi connectivity index (χ3n) is 17.1. The van der Waals surface area contributed by atoms with E-state index in [1.165, 1.54) is 31.2 Å². The largest absolute Gasteiger partial charge is 0.508 e. The molecule has 81 heavy (non-hydrogen) atoms. The Kier molecular flexibility index (Phi) is 23.6. The van der Waals surface area contributed by atoms with E-state index in [0.717, 1.165) is 67.7 Å². The van der Waals surface area contributed by atoms with E-state index in [4.69, 9.17) is 15.2 Å². The number of aromatic hydroxyl groups is 1. The van der Waals surface area contributed by atoms with Crippen LogP contribution in [0.4, 0.5) is 0 Å². The van der Waals surface area contributed by atoms with Crippen LogP contribution in [0.25, 0.3) is 0 Å². The van der Waals surface area contributed by atoms with Gasteiger partial charge in [-0.1, -0.05) is 71.4 Å². The lowest BCUT2D eigenvalue weighted by Crippen LogP contribution is -2.65. The van der Waals surface area contributed by atoms with Crippen molar-refractivity contribution < 1.29 is 83.3 Å². The summed E-state index contributed by atoms with van der Waals surface area (Å²) in [5.74, 6) is -7.78. The first kappa shape index (κ1) is 65.1. The summed E-state index contributed by atoms with van der Waals surface area (Å²) in [6, 6.07) is -6.08. The molecule has 14 N–H and O–H groups in total. The quantitative estimate of drug-likeness (QED) is 0.118. The van der Waals surface area contributed by atoms with E-state index in [9.17, 15) is 64.5 Å². The SMILES string of the molecule is C[C@@H]1CCCCCCCCC(=O)N[C@H]2C[C@@H](O)[C@@H](OC[C@H]3CC[N+]3(C)C)NC(=O)[C@@H]3[C@@H](O)[C@@H](C)CN3C(=O)[C@H]([C@H](O)CCN)NC(=O)[C@H]([C@H](O)[C@@H](O)c3ccc(O)cc3)NC(=O)[C@@H]3C[C@@H](O)CN3C(=O)[C@@H](NC2=O)[C@@H](C)OC[C@H](C)C1. The normalized spacial score (nSPS) is 35.3. The Labute approximate surface area is 474 Å². The number of ether oxygens (including phenoxy) is 2. The maximum Gasteiger partial charge on any atom is 0.248 e. The van der Waals surface area contributed by atoms with Gasteiger partial charge in [0.05, 0.1) is 51.5 Å². The minimum absolute atomic E-state index is 0.00603. The van der Waals surface area contributed by atoms with Crippen LogP contribution in [0.15, 0.2) is 24.3 Å². The lowest BCUT2D eigenvalue weighted by Gasteiger charge is -2.47. The van der Waals surface area contributed by atoms with Crippen LogP contribution >= 0.6 is 0 Å². The number of amides is 7. The molecular formula is C56H92N9O16+. The first-order valence-electron chi connectivity index (χ1n) is 29.1. The average molecular weight is 1150 g/mol. The van der Waals surface area contributed by atoms with Gasteiger partial charge in [0.2, 0.25) is 41.4 Å². The lowest BCUT2D eigenvalue weighted by atomic mass is 9.92. The van der Waals surface area contributed by atoms with Crippen LogP contribution in [0.5, 0.6) is 5.75 Å². The number of hydrogen-bond donors (Lipinski definition) is 13. The zero-order valence-electron chi connectivity index (χ0n) is 47.9. The van der Waals surface area contributed by atoms with Crippen LogP contribution in [0, 0.1) is 17.8 Å². The van der Waals surface area contributed by atoms with E-state index in [1.807, 2.05) is 21.0 Å². The molecular weight excluding hydrogens is 1050 g/mol. The summed E-state index contributed by atoms with van der Waals surface area (Å²) in [4.78, 5) is 105. The summed E-state index contributed by atoms with van der Waals surface area (Å²) >= 11 is 0. The van der Waals surface area contributed by atoms with Crippen molar-refractivity contribution in [3.05, 3.63) is 29.8 Å². The first-order chi connectivity index (χ1) is 38.3. The molecule has 18 atom stereocenters. The van der Waals surface area contributed by atoms with Gasteiger partial charge in [-0.15, -0.1) is 0 Å². The molecule has 0 saturated carbocycles. The molecule has 1 aromatic rings. The third kappa shape index (κ3) is 17.0.